The third kappa shape index (κ3) is 8.52. The number of carboxylic acid groups (broad SMARTS) is 1. The molecule has 0 spiro atoms. The lowest BCUT2D eigenvalue weighted by Gasteiger charge is -2.31. The van der Waals surface area contributed by atoms with E-state index in [0.717, 1.165) is 0 Å². The second kappa shape index (κ2) is 9.77. The summed E-state index contributed by atoms with van der Waals surface area (Å²) < 4.78 is 0. The summed E-state index contributed by atoms with van der Waals surface area (Å²) in [5.74, 6) is 1.20. The van der Waals surface area contributed by atoms with Gasteiger partial charge in [0.05, 0.1) is 0 Å². The fourth-order valence-electron chi connectivity index (χ4n) is 1.98. The lowest BCUT2D eigenvalue weighted by atomic mass is 10.0. The Balaban J connectivity index is 5.15. The predicted octanol–water partition coefficient (Wildman–Crippen LogP) is 2.55. The predicted molar refractivity (Wildman–Crippen MR) is 106 cm³/mol. The van der Waals surface area contributed by atoms with Crippen LogP contribution < -0.4 is 10.6 Å². The van der Waals surface area contributed by atoms with Crippen molar-refractivity contribution in [2.45, 2.75) is 84.6 Å². The van der Waals surface area contributed by atoms with Gasteiger partial charge in [0.15, 0.2) is 0 Å². The first kappa shape index (κ1) is 24.2. The summed E-state index contributed by atoms with van der Waals surface area (Å²) in [5.41, 5.74) is 3.26. The van der Waals surface area contributed by atoms with E-state index >= 15 is 0 Å². The van der Waals surface area contributed by atoms with Crippen LogP contribution in [0.3, 0.4) is 0 Å². The molecule has 6 nitrogen and oxygen atoms in total. The van der Waals surface area contributed by atoms with Gasteiger partial charge in [0.1, 0.15) is 20.2 Å². The largest absolute Gasteiger partial charge is 0.480 e. The molecule has 0 aliphatic heterocycles. The monoisotopic (exact) mass is 382 g/mol. The van der Waals surface area contributed by atoms with Crippen molar-refractivity contribution >= 4 is 25.9 Å². The lowest BCUT2D eigenvalue weighted by molar-refractivity contribution is -0.142. The van der Waals surface area contributed by atoms with Crippen LogP contribution in [0.4, 0.5) is 0 Å². The number of nitrogens with one attached hydrogen (secondary N) is 2. The van der Waals surface area contributed by atoms with Gasteiger partial charge in [0.25, 0.3) is 0 Å². The molecule has 0 fully saturated rings. The van der Waals surface area contributed by atoms with Gasteiger partial charge >= 0.3 is 5.97 Å². The normalized spacial score (nSPS) is 14.0. The SMILES string of the molecule is CC(=O)N[C@@H](CC(C)C)C(=O)N[C@H](CC#C[Si](C)(C)C(C)(C)C)C(=O)O. The van der Waals surface area contributed by atoms with E-state index < -0.39 is 32.0 Å². The third-order valence-corrected chi connectivity index (χ3v) is 9.15. The summed E-state index contributed by atoms with van der Waals surface area (Å²) in [6.07, 6.45) is 0.482. The third-order valence-electron chi connectivity index (χ3n) is 4.60. The van der Waals surface area contributed by atoms with Gasteiger partial charge in [0, 0.05) is 13.3 Å². The van der Waals surface area contributed by atoms with Gasteiger partial charge in [-0.05, 0) is 17.4 Å². The van der Waals surface area contributed by atoms with Crippen molar-refractivity contribution in [1.29, 1.82) is 0 Å². The van der Waals surface area contributed by atoms with Crippen LogP contribution in [0.25, 0.3) is 0 Å². The molecule has 26 heavy (non-hydrogen) atoms. The molecule has 148 valence electrons. The van der Waals surface area contributed by atoms with Crippen LogP contribution in [0.1, 0.15) is 54.4 Å². The Hall–Kier alpha value is -1.81. The summed E-state index contributed by atoms with van der Waals surface area (Å²) in [4.78, 5) is 35.2. The first-order valence-corrected chi connectivity index (χ1v) is 12.0. The van der Waals surface area contributed by atoms with E-state index in [9.17, 15) is 19.5 Å². The van der Waals surface area contributed by atoms with Gasteiger partial charge in [-0.25, -0.2) is 4.79 Å². The zero-order valence-corrected chi connectivity index (χ0v) is 18.3. The van der Waals surface area contributed by atoms with E-state index in [1.807, 2.05) is 13.8 Å². The van der Waals surface area contributed by atoms with Crippen molar-refractivity contribution in [2.24, 2.45) is 5.92 Å². The Bertz CT molecular complexity index is 583. The number of aliphatic carboxylic acids is 1. The van der Waals surface area contributed by atoms with Gasteiger partial charge in [-0.2, -0.15) is 0 Å². The number of carboxylic acids is 1. The quantitative estimate of drug-likeness (QED) is 0.466. The van der Waals surface area contributed by atoms with Crippen LogP contribution in [0.5, 0.6) is 0 Å². The Morgan fingerprint density at radius 3 is 2.00 bits per heavy atom. The molecule has 0 aliphatic rings. The average Bonchev–Trinajstić information content (AvgIpc) is 2.42. The molecular formula is C19H34N2O4Si. The summed E-state index contributed by atoms with van der Waals surface area (Å²) in [5, 5.41) is 14.6. The minimum absolute atomic E-state index is 0.0437. The molecule has 0 aromatic carbocycles. The van der Waals surface area contributed by atoms with E-state index in [1.54, 1.807) is 0 Å². The average molecular weight is 383 g/mol. The molecule has 0 aromatic rings. The van der Waals surface area contributed by atoms with Crippen LogP contribution in [0.15, 0.2) is 0 Å². The molecule has 2 amide bonds. The summed E-state index contributed by atoms with van der Waals surface area (Å²) >= 11 is 0. The highest BCUT2D eigenvalue weighted by atomic mass is 28.3. The Morgan fingerprint density at radius 1 is 1.08 bits per heavy atom. The molecule has 0 heterocycles. The maximum absolute atomic E-state index is 12.4. The van der Waals surface area contributed by atoms with E-state index in [1.165, 1.54) is 6.92 Å². The fourth-order valence-corrected chi connectivity index (χ4v) is 2.90. The molecule has 0 unspecified atom stereocenters. The molecule has 0 radical (unpaired) electrons. The maximum atomic E-state index is 12.4. The summed E-state index contributed by atoms with van der Waals surface area (Å²) in [6, 6.07) is -1.84. The van der Waals surface area contributed by atoms with Gasteiger partial charge in [-0.3, -0.25) is 9.59 Å². The summed E-state index contributed by atoms with van der Waals surface area (Å²) in [7, 11) is -1.84. The van der Waals surface area contributed by atoms with Crippen molar-refractivity contribution in [2.75, 3.05) is 0 Å². The first-order chi connectivity index (χ1) is 11.7. The van der Waals surface area contributed by atoms with Gasteiger partial charge in [-0.1, -0.05) is 47.7 Å². The zero-order chi connectivity index (χ0) is 20.7. The van der Waals surface area contributed by atoms with Crippen molar-refractivity contribution in [3.05, 3.63) is 0 Å². The smallest absolute Gasteiger partial charge is 0.327 e. The Kier molecular flexibility index (Phi) is 9.08. The van der Waals surface area contributed by atoms with E-state index in [2.05, 4.69) is 56.0 Å². The second-order valence-electron chi connectivity index (χ2n) is 8.66. The summed E-state index contributed by atoms with van der Waals surface area (Å²) in [6.45, 7) is 15.9. The van der Waals surface area contributed by atoms with Gasteiger partial charge in [-0.15, -0.1) is 11.5 Å². The molecule has 0 rings (SSSR count). The molecule has 0 aliphatic carbocycles. The fraction of sp³-hybridized carbons (Fsp3) is 0.737. The van der Waals surface area contributed by atoms with Crippen molar-refractivity contribution in [3.63, 3.8) is 0 Å². The topological polar surface area (TPSA) is 95.5 Å². The minimum Gasteiger partial charge on any atom is -0.480 e. The van der Waals surface area contributed by atoms with Crippen molar-refractivity contribution < 1.29 is 19.5 Å². The molecular weight excluding hydrogens is 348 g/mol. The number of carbonyl (C=O) groups excluding carboxylic acids is 2. The standard InChI is InChI=1S/C19H34N2O4Si/c1-13(2)12-16(20-14(3)22)17(23)21-15(18(24)25)10-9-11-26(7,8)19(4,5)6/h13,15-16H,10,12H2,1-8H3,(H,20,22)(H,21,23)(H,24,25)/t15-,16+/m1/s1. The molecule has 3 N–H and O–H groups in total. The number of hydrogen-bond donors (Lipinski definition) is 3. The van der Waals surface area contributed by atoms with Crippen molar-refractivity contribution in [3.8, 4) is 11.5 Å². The van der Waals surface area contributed by atoms with E-state index in [-0.39, 0.29) is 23.3 Å². The number of amides is 2. The van der Waals surface area contributed by atoms with Crippen LogP contribution in [0, 0.1) is 17.4 Å². The van der Waals surface area contributed by atoms with E-state index in [4.69, 9.17) is 0 Å². The molecule has 0 aromatic heterocycles. The van der Waals surface area contributed by atoms with Crippen molar-refractivity contribution in [1.82, 2.24) is 10.6 Å². The van der Waals surface area contributed by atoms with Crippen LogP contribution in [-0.2, 0) is 14.4 Å². The Labute approximate surface area is 158 Å². The molecule has 0 bridgehead atoms. The first-order valence-electron chi connectivity index (χ1n) is 8.97. The molecule has 0 saturated carbocycles. The van der Waals surface area contributed by atoms with E-state index in [0.29, 0.717) is 6.42 Å². The highest BCUT2D eigenvalue weighted by molar-refractivity contribution is 6.87. The minimum atomic E-state index is -1.84. The van der Waals surface area contributed by atoms with Crippen LogP contribution in [-0.4, -0.2) is 43.0 Å². The Morgan fingerprint density at radius 2 is 1.62 bits per heavy atom. The zero-order valence-electron chi connectivity index (χ0n) is 17.3. The molecule has 7 heteroatoms. The number of carbonyl (C=O) groups is 3. The molecule has 0 saturated heterocycles. The highest BCUT2D eigenvalue weighted by Crippen LogP contribution is 2.35. The lowest BCUT2D eigenvalue weighted by Crippen LogP contribution is -2.51. The molecule has 2 atom stereocenters. The number of rotatable bonds is 7. The van der Waals surface area contributed by atoms with Crippen LogP contribution >= 0.6 is 0 Å². The second-order valence-corrected chi connectivity index (χ2v) is 13.7. The van der Waals surface area contributed by atoms with Crippen LogP contribution in [0.2, 0.25) is 18.1 Å². The maximum Gasteiger partial charge on any atom is 0.327 e. The number of hydrogen-bond acceptors (Lipinski definition) is 3. The van der Waals surface area contributed by atoms with Gasteiger partial charge in [0.2, 0.25) is 11.8 Å². The highest BCUT2D eigenvalue weighted by Gasteiger charge is 2.34. The van der Waals surface area contributed by atoms with Gasteiger partial charge < -0.3 is 15.7 Å².